The maximum absolute atomic E-state index is 12.5. The predicted molar refractivity (Wildman–Crippen MR) is 81.2 cm³/mol. The summed E-state index contributed by atoms with van der Waals surface area (Å²) in [5.74, 6) is 0.427. The highest BCUT2D eigenvalue weighted by atomic mass is 32.2. The van der Waals surface area contributed by atoms with E-state index in [1.807, 2.05) is 0 Å². The molecule has 1 N–H and O–H groups in total. The van der Waals surface area contributed by atoms with E-state index in [2.05, 4.69) is 4.72 Å². The summed E-state index contributed by atoms with van der Waals surface area (Å²) in [6.45, 7) is 2.98. The van der Waals surface area contributed by atoms with Crippen molar-refractivity contribution in [3.05, 3.63) is 23.7 Å². The van der Waals surface area contributed by atoms with Crippen molar-refractivity contribution in [2.75, 3.05) is 33.1 Å². The van der Waals surface area contributed by atoms with Gasteiger partial charge in [-0.05, 0) is 25.8 Å². The lowest BCUT2D eigenvalue weighted by molar-refractivity contribution is 0.0773. The van der Waals surface area contributed by atoms with Gasteiger partial charge in [-0.15, -0.1) is 0 Å². The number of nitrogens with zero attached hydrogens (tertiary/aromatic N) is 1. The van der Waals surface area contributed by atoms with E-state index in [1.54, 1.807) is 25.0 Å². The number of methoxy groups -OCH3 is 1. The minimum Gasteiger partial charge on any atom is -0.469 e. The van der Waals surface area contributed by atoms with Gasteiger partial charge in [-0.1, -0.05) is 0 Å². The summed E-state index contributed by atoms with van der Waals surface area (Å²) in [6, 6.07) is 1.64. The molecule has 7 nitrogen and oxygen atoms in total. The first-order valence-electron chi connectivity index (χ1n) is 7.08. The van der Waals surface area contributed by atoms with Crippen molar-refractivity contribution in [1.82, 2.24) is 9.62 Å². The predicted octanol–water partition coefficient (Wildman–Crippen LogP) is 0.758. The minimum absolute atomic E-state index is 0.138. The van der Waals surface area contributed by atoms with Crippen LogP contribution in [0.2, 0.25) is 0 Å². The summed E-state index contributed by atoms with van der Waals surface area (Å²) in [5, 5.41) is 0. The zero-order valence-corrected chi connectivity index (χ0v) is 13.9. The zero-order valence-electron chi connectivity index (χ0n) is 13.1. The monoisotopic (exact) mass is 330 g/mol. The van der Waals surface area contributed by atoms with E-state index in [0.717, 1.165) is 6.26 Å². The number of amides is 1. The number of carbonyl (C=O) groups excluding carboxylic acids is 1. The van der Waals surface area contributed by atoms with Gasteiger partial charge in [0.15, 0.2) is 0 Å². The topological polar surface area (TPSA) is 88.9 Å². The Morgan fingerprint density at radius 2 is 2.27 bits per heavy atom. The maximum Gasteiger partial charge on any atom is 0.257 e. The third-order valence-electron chi connectivity index (χ3n) is 3.92. The second-order valence-corrected chi connectivity index (χ2v) is 7.51. The highest BCUT2D eigenvalue weighted by Crippen LogP contribution is 2.27. The van der Waals surface area contributed by atoms with Crippen molar-refractivity contribution in [1.29, 1.82) is 0 Å². The molecule has 1 unspecified atom stereocenters. The van der Waals surface area contributed by atoms with Crippen LogP contribution in [0.4, 0.5) is 0 Å². The highest BCUT2D eigenvalue weighted by molar-refractivity contribution is 7.88. The summed E-state index contributed by atoms with van der Waals surface area (Å²) in [7, 11) is -1.80. The van der Waals surface area contributed by atoms with Gasteiger partial charge in [-0.25, -0.2) is 13.1 Å². The molecule has 1 fully saturated rings. The third kappa shape index (κ3) is 3.88. The second-order valence-electron chi connectivity index (χ2n) is 5.76. The van der Waals surface area contributed by atoms with Crippen molar-refractivity contribution in [2.24, 2.45) is 0 Å². The number of hydrogen-bond donors (Lipinski definition) is 1. The lowest BCUT2D eigenvalue weighted by Gasteiger charge is -2.29. The molecule has 1 aromatic rings. The Bertz CT molecular complexity index is 639. The van der Waals surface area contributed by atoms with Crippen LogP contribution >= 0.6 is 0 Å². The van der Waals surface area contributed by atoms with Gasteiger partial charge in [0.1, 0.15) is 5.76 Å². The van der Waals surface area contributed by atoms with Gasteiger partial charge in [0.05, 0.1) is 23.6 Å². The summed E-state index contributed by atoms with van der Waals surface area (Å²) >= 11 is 0. The van der Waals surface area contributed by atoms with E-state index in [4.69, 9.17) is 9.15 Å². The molecule has 2 heterocycles. The van der Waals surface area contributed by atoms with E-state index in [9.17, 15) is 13.2 Å². The lowest BCUT2D eigenvalue weighted by Crippen LogP contribution is -2.51. The van der Waals surface area contributed by atoms with Gasteiger partial charge in [0.2, 0.25) is 10.0 Å². The average Bonchev–Trinajstić information content (AvgIpc) is 3.01. The Morgan fingerprint density at radius 1 is 1.55 bits per heavy atom. The molecule has 1 amide bonds. The van der Waals surface area contributed by atoms with Crippen LogP contribution in [0.15, 0.2) is 16.7 Å². The Balaban J connectivity index is 2.15. The number of furan rings is 1. The number of likely N-dealkylation sites (tertiary alicyclic amines) is 1. The van der Waals surface area contributed by atoms with Crippen molar-refractivity contribution < 1.29 is 22.4 Å². The second kappa shape index (κ2) is 6.39. The van der Waals surface area contributed by atoms with Crippen LogP contribution in [0.1, 0.15) is 29.0 Å². The molecule has 124 valence electrons. The van der Waals surface area contributed by atoms with Gasteiger partial charge < -0.3 is 14.1 Å². The van der Waals surface area contributed by atoms with Gasteiger partial charge in [0.25, 0.3) is 5.91 Å². The van der Waals surface area contributed by atoms with Crippen LogP contribution in [-0.2, 0) is 14.8 Å². The van der Waals surface area contributed by atoms with E-state index in [1.165, 1.54) is 6.26 Å². The number of aryl methyl sites for hydroxylation is 1. The molecule has 0 bridgehead atoms. The first kappa shape index (κ1) is 17.0. The van der Waals surface area contributed by atoms with Crippen molar-refractivity contribution in [3.8, 4) is 0 Å². The Hall–Kier alpha value is -1.38. The van der Waals surface area contributed by atoms with Crippen molar-refractivity contribution in [2.45, 2.75) is 25.3 Å². The Morgan fingerprint density at radius 3 is 2.82 bits per heavy atom. The smallest absolute Gasteiger partial charge is 0.257 e. The molecule has 0 aromatic carbocycles. The quantitative estimate of drug-likeness (QED) is 0.832. The van der Waals surface area contributed by atoms with Crippen LogP contribution in [0.3, 0.4) is 0 Å². The summed E-state index contributed by atoms with van der Waals surface area (Å²) < 4.78 is 36.2. The number of hydrogen-bond acceptors (Lipinski definition) is 5. The summed E-state index contributed by atoms with van der Waals surface area (Å²) in [5.41, 5.74) is -0.154. The normalized spacial score (nSPS) is 22.2. The molecule has 0 spiro atoms. The number of rotatable bonds is 6. The van der Waals surface area contributed by atoms with Gasteiger partial charge in [0, 0.05) is 26.8 Å². The van der Waals surface area contributed by atoms with E-state index in [0.29, 0.717) is 43.9 Å². The Kier molecular flexibility index (Phi) is 4.93. The molecule has 0 saturated carbocycles. The summed E-state index contributed by atoms with van der Waals surface area (Å²) in [6.07, 6.45) is 3.69. The lowest BCUT2D eigenvalue weighted by atomic mass is 9.96. The molecule has 2 rings (SSSR count). The fourth-order valence-corrected chi connectivity index (χ4v) is 3.91. The fourth-order valence-electron chi connectivity index (χ4n) is 2.85. The molecule has 0 radical (unpaired) electrons. The molecular formula is C14H22N2O5S. The number of ether oxygens (including phenoxy) is 1. The average molecular weight is 330 g/mol. The first-order chi connectivity index (χ1) is 10.3. The molecular weight excluding hydrogens is 308 g/mol. The number of carbonyl (C=O) groups is 1. The van der Waals surface area contributed by atoms with E-state index >= 15 is 0 Å². The SMILES string of the molecule is COCCC1(NS(C)(=O)=O)CCN(C(=O)c2ccoc2C)C1. The third-order valence-corrected chi connectivity index (χ3v) is 4.72. The standard InChI is InChI=1S/C14H22N2O5S/c1-11-12(4-8-21-11)13(17)16-7-5-14(10-16,6-9-20-2)15-22(3,18)19/h4,8,15H,5-7,9-10H2,1-3H3. The zero-order chi connectivity index (χ0) is 16.4. The molecule has 1 saturated heterocycles. The van der Waals surface area contributed by atoms with E-state index in [-0.39, 0.29) is 5.91 Å². The molecule has 8 heteroatoms. The molecule has 1 aliphatic heterocycles. The molecule has 1 aromatic heterocycles. The van der Waals surface area contributed by atoms with Crippen molar-refractivity contribution in [3.63, 3.8) is 0 Å². The summed E-state index contributed by atoms with van der Waals surface area (Å²) in [4.78, 5) is 14.2. The first-order valence-corrected chi connectivity index (χ1v) is 8.97. The van der Waals surface area contributed by atoms with Crippen LogP contribution < -0.4 is 4.72 Å². The largest absolute Gasteiger partial charge is 0.469 e. The highest BCUT2D eigenvalue weighted by Gasteiger charge is 2.42. The minimum atomic E-state index is -3.37. The Labute approximate surface area is 130 Å². The van der Waals surface area contributed by atoms with Gasteiger partial charge in [-0.2, -0.15) is 0 Å². The van der Waals surface area contributed by atoms with Crippen molar-refractivity contribution >= 4 is 15.9 Å². The van der Waals surface area contributed by atoms with Gasteiger partial charge >= 0.3 is 0 Å². The molecule has 1 aliphatic rings. The van der Waals surface area contributed by atoms with Crippen LogP contribution in [0.5, 0.6) is 0 Å². The maximum atomic E-state index is 12.5. The van der Waals surface area contributed by atoms with E-state index < -0.39 is 15.6 Å². The molecule has 22 heavy (non-hydrogen) atoms. The van der Waals surface area contributed by atoms with Crippen LogP contribution in [0, 0.1) is 6.92 Å². The molecule has 1 atom stereocenters. The fraction of sp³-hybridized carbons (Fsp3) is 0.643. The van der Waals surface area contributed by atoms with Crippen LogP contribution in [-0.4, -0.2) is 57.8 Å². The number of sulfonamides is 1. The number of nitrogens with one attached hydrogen (secondary N) is 1. The van der Waals surface area contributed by atoms with Crippen LogP contribution in [0.25, 0.3) is 0 Å². The molecule has 0 aliphatic carbocycles. The van der Waals surface area contributed by atoms with Gasteiger partial charge in [-0.3, -0.25) is 4.79 Å².